The van der Waals surface area contributed by atoms with Crippen molar-refractivity contribution in [2.75, 3.05) is 13.7 Å². The fourth-order valence-electron chi connectivity index (χ4n) is 2.78. The van der Waals surface area contributed by atoms with Crippen LogP contribution in [0.15, 0.2) is 65.2 Å². The molecule has 0 atom stereocenters. The molecule has 0 aliphatic carbocycles. The lowest BCUT2D eigenvalue weighted by molar-refractivity contribution is -0.135. The molecule has 0 bridgehead atoms. The maximum Gasteiger partial charge on any atom is 0.261 e. The Hall–Kier alpha value is -3.28. The monoisotopic (exact) mass is 380 g/mol. The van der Waals surface area contributed by atoms with Crippen LogP contribution in [0.4, 0.5) is 0 Å². The van der Waals surface area contributed by atoms with Crippen molar-refractivity contribution in [1.29, 1.82) is 0 Å². The van der Waals surface area contributed by atoms with Crippen molar-refractivity contribution >= 4 is 5.91 Å². The van der Waals surface area contributed by atoms with Gasteiger partial charge in [-0.2, -0.15) is 0 Å². The van der Waals surface area contributed by atoms with Crippen LogP contribution >= 0.6 is 0 Å². The minimum absolute atomic E-state index is 0.00356. The van der Waals surface area contributed by atoms with E-state index in [1.165, 1.54) is 0 Å². The molecule has 1 heterocycles. The van der Waals surface area contributed by atoms with E-state index in [4.69, 9.17) is 14.0 Å². The number of carbonyl (C=O) groups is 1. The summed E-state index contributed by atoms with van der Waals surface area (Å²) in [5.41, 5.74) is 1.55. The van der Waals surface area contributed by atoms with E-state index in [2.05, 4.69) is 5.16 Å². The molecule has 28 heavy (non-hydrogen) atoms. The van der Waals surface area contributed by atoms with Crippen LogP contribution in [0.25, 0.3) is 11.3 Å². The topological polar surface area (TPSA) is 64.8 Å². The number of amides is 1. The van der Waals surface area contributed by atoms with E-state index >= 15 is 0 Å². The quantitative estimate of drug-likeness (QED) is 0.587. The molecule has 0 saturated heterocycles. The van der Waals surface area contributed by atoms with Crippen molar-refractivity contribution in [2.45, 2.75) is 26.4 Å². The van der Waals surface area contributed by atoms with Gasteiger partial charge in [-0.05, 0) is 38.1 Å². The first-order valence-corrected chi connectivity index (χ1v) is 9.14. The Labute approximate surface area is 164 Å². The van der Waals surface area contributed by atoms with Gasteiger partial charge in [0.25, 0.3) is 5.91 Å². The van der Waals surface area contributed by atoms with Crippen LogP contribution in [0.2, 0.25) is 0 Å². The first-order valence-electron chi connectivity index (χ1n) is 9.14. The Morgan fingerprint density at radius 1 is 1.07 bits per heavy atom. The number of hydrogen-bond donors (Lipinski definition) is 0. The summed E-state index contributed by atoms with van der Waals surface area (Å²) in [4.78, 5) is 14.4. The highest BCUT2D eigenvalue weighted by atomic mass is 16.5. The molecule has 0 saturated carbocycles. The van der Waals surface area contributed by atoms with Crippen molar-refractivity contribution < 1.29 is 18.8 Å². The molecule has 2 aromatic carbocycles. The number of hydrogen-bond acceptors (Lipinski definition) is 5. The fourth-order valence-corrected chi connectivity index (χ4v) is 2.78. The molecule has 3 rings (SSSR count). The van der Waals surface area contributed by atoms with Crippen molar-refractivity contribution in [2.24, 2.45) is 0 Å². The Kier molecular flexibility index (Phi) is 6.32. The van der Waals surface area contributed by atoms with Gasteiger partial charge in [-0.3, -0.25) is 4.79 Å². The van der Waals surface area contributed by atoms with E-state index in [1.807, 2.05) is 74.5 Å². The summed E-state index contributed by atoms with van der Waals surface area (Å²) in [5, 5.41) is 4.12. The lowest BCUT2D eigenvalue weighted by atomic mass is 10.1. The van der Waals surface area contributed by atoms with Gasteiger partial charge in [-0.1, -0.05) is 35.5 Å². The zero-order chi connectivity index (χ0) is 19.9. The molecular weight excluding hydrogens is 356 g/mol. The lowest BCUT2D eigenvalue weighted by Gasteiger charge is -2.25. The van der Waals surface area contributed by atoms with Crippen LogP contribution in [0.5, 0.6) is 11.5 Å². The third-order valence-corrected chi connectivity index (χ3v) is 4.29. The van der Waals surface area contributed by atoms with E-state index < -0.39 is 0 Å². The molecule has 0 N–H and O–H groups in total. The van der Waals surface area contributed by atoms with Crippen LogP contribution in [0, 0.1) is 0 Å². The molecule has 146 valence electrons. The molecule has 0 spiro atoms. The van der Waals surface area contributed by atoms with Gasteiger partial charge < -0.3 is 18.9 Å². The summed E-state index contributed by atoms with van der Waals surface area (Å²) in [6.07, 6.45) is 0. The Morgan fingerprint density at radius 3 is 2.54 bits per heavy atom. The summed E-state index contributed by atoms with van der Waals surface area (Å²) >= 11 is 0. The first kappa shape index (κ1) is 19.5. The first-order chi connectivity index (χ1) is 13.6. The molecule has 6 heteroatoms. The van der Waals surface area contributed by atoms with Gasteiger partial charge in [0, 0.05) is 17.7 Å². The summed E-state index contributed by atoms with van der Waals surface area (Å²) in [7, 11) is 1.62. The third-order valence-electron chi connectivity index (χ3n) is 4.29. The fraction of sp³-hybridized carbons (Fsp3) is 0.273. The van der Waals surface area contributed by atoms with Gasteiger partial charge in [0.15, 0.2) is 12.4 Å². The molecule has 3 aromatic rings. The summed E-state index contributed by atoms with van der Waals surface area (Å²) < 4.78 is 16.3. The minimum Gasteiger partial charge on any atom is -0.497 e. The maximum absolute atomic E-state index is 12.6. The maximum atomic E-state index is 12.6. The number of ether oxygens (including phenoxy) is 2. The van der Waals surface area contributed by atoms with Crippen molar-refractivity contribution in [1.82, 2.24) is 10.1 Å². The number of nitrogens with zero attached hydrogens (tertiary/aromatic N) is 2. The zero-order valence-corrected chi connectivity index (χ0v) is 16.3. The Bertz CT molecular complexity index is 906. The second-order valence-corrected chi connectivity index (χ2v) is 6.63. The summed E-state index contributed by atoms with van der Waals surface area (Å²) in [6, 6.07) is 18.7. The van der Waals surface area contributed by atoms with Gasteiger partial charge in [-0.15, -0.1) is 0 Å². The highest BCUT2D eigenvalue weighted by molar-refractivity contribution is 5.78. The van der Waals surface area contributed by atoms with Gasteiger partial charge in [0.05, 0.1) is 13.7 Å². The third kappa shape index (κ3) is 4.91. The zero-order valence-electron chi connectivity index (χ0n) is 16.3. The van der Waals surface area contributed by atoms with Crippen LogP contribution in [-0.4, -0.2) is 35.7 Å². The molecule has 6 nitrogen and oxygen atoms in total. The average Bonchev–Trinajstić information content (AvgIpc) is 3.19. The highest BCUT2D eigenvalue weighted by Gasteiger charge is 2.20. The summed E-state index contributed by atoms with van der Waals surface area (Å²) in [6.45, 7) is 4.25. The van der Waals surface area contributed by atoms with E-state index in [9.17, 15) is 4.79 Å². The molecule has 0 unspecified atom stereocenters. The number of para-hydroxylation sites is 1. The Balaban J connectivity index is 1.67. The normalized spacial score (nSPS) is 10.7. The molecule has 1 amide bonds. The van der Waals surface area contributed by atoms with Crippen LogP contribution < -0.4 is 9.47 Å². The smallest absolute Gasteiger partial charge is 0.261 e. The highest BCUT2D eigenvalue weighted by Crippen LogP contribution is 2.25. The van der Waals surface area contributed by atoms with Crippen LogP contribution in [0.1, 0.15) is 19.5 Å². The van der Waals surface area contributed by atoms with Crippen molar-refractivity contribution in [3.63, 3.8) is 0 Å². The molecular formula is C22H24N2O4. The number of rotatable bonds is 8. The average molecular weight is 380 g/mol. The van der Waals surface area contributed by atoms with E-state index in [1.54, 1.807) is 12.0 Å². The number of aromatic nitrogens is 1. The number of carbonyl (C=O) groups excluding carboxylic acids is 1. The standard InChI is InChI=1S/C22H24N2O4/c1-16(2)24(22(25)15-27-19-9-5-4-6-10-19)14-18-13-21(28-23-18)17-8-7-11-20(12-17)26-3/h4-13,16H,14-15H2,1-3H3. The molecule has 0 radical (unpaired) electrons. The number of methoxy groups -OCH3 is 1. The number of benzene rings is 2. The summed E-state index contributed by atoms with van der Waals surface area (Å²) in [5.74, 6) is 1.93. The van der Waals surface area contributed by atoms with Gasteiger partial charge >= 0.3 is 0 Å². The predicted octanol–water partition coefficient (Wildman–Crippen LogP) is 4.17. The minimum atomic E-state index is -0.107. The van der Waals surface area contributed by atoms with Crippen molar-refractivity contribution in [3.05, 3.63) is 66.4 Å². The van der Waals surface area contributed by atoms with E-state index in [0.29, 0.717) is 23.7 Å². The largest absolute Gasteiger partial charge is 0.497 e. The predicted molar refractivity (Wildman–Crippen MR) is 106 cm³/mol. The SMILES string of the molecule is COc1cccc(-c2cc(CN(C(=O)COc3ccccc3)C(C)C)no2)c1. The molecule has 0 fully saturated rings. The molecule has 0 aliphatic rings. The second-order valence-electron chi connectivity index (χ2n) is 6.63. The molecule has 1 aromatic heterocycles. The van der Waals surface area contributed by atoms with Crippen LogP contribution in [-0.2, 0) is 11.3 Å². The van der Waals surface area contributed by atoms with Gasteiger partial charge in [0.1, 0.15) is 17.2 Å². The van der Waals surface area contributed by atoms with E-state index in [-0.39, 0.29) is 18.6 Å². The lowest BCUT2D eigenvalue weighted by Crippen LogP contribution is -2.39. The Morgan fingerprint density at radius 2 is 1.82 bits per heavy atom. The van der Waals surface area contributed by atoms with E-state index in [0.717, 1.165) is 11.3 Å². The van der Waals surface area contributed by atoms with Gasteiger partial charge in [0.2, 0.25) is 0 Å². The van der Waals surface area contributed by atoms with Crippen molar-refractivity contribution in [3.8, 4) is 22.8 Å². The van der Waals surface area contributed by atoms with Gasteiger partial charge in [-0.25, -0.2) is 0 Å². The second kappa shape index (κ2) is 9.08. The molecule has 0 aliphatic heterocycles. The van der Waals surface area contributed by atoms with Crippen LogP contribution in [0.3, 0.4) is 0 Å².